The number of rotatable bonds is 7. The number of hydrogen-bond acceptors (Lipinski definition) is 4. The predicted octanol–water partition coefficient (Wildman–Crippen LogP) is 3.98. The summed E-state index contributed by atoms with van der Waals surface area (Å²) in [7, 11) is 4.49. The molecule has 0 unspecified atom stereocenters. The molecule has 0 saturated heterocycles. The summed E-state index contributed by atoms with van der Waals surface area (Å²) in [6.07, 6.45) is 0. The van der Waals surface area contributed by atoms with E-state index in [9.17, 15) is 9.18 Å². The molecule has 140 valence electrons. The van der Waals surface area contributed by atoms with Crippen molar-refractivity contribution < 1.29 is 23.4 Å². The zero-order valence-corrected chi connectivity index (χ0v) is 15.6. The predicted molar refractivity (Wildman–Crippen MR) is 97.5 cm³/mol. The summed E-state index contributed by atoms with van der Waals surface area (Å²) in [5.74, 6) is 0.746. The first-order valence-corrected chi connectivity index (χ1v) is 8.27. The first kappa shape index (κ1) is 19.6. The van der Waals surface area contributed by atoms with Crippen molar-refractivity contribution in [3.63, 3.8) is 0 Å². The van der Waals surface area contributed by atoms with E-state index in [1.165, 1.54) is 33.5 Å². The third-order valence-electron chi connectivity index (χ3n) is 4.11. The summed E-state index contributed by atoms with van der Waals surface area (Å²) < 4.78 is 29.1. The van der Waals surface area contributed by atoms with E-state index >= 15 is 0 Å². The van der Waals surface area contributed by atoms with Gasteiger partial charge >= 0.3 is 0 Å². The first-order valence-electron chi connectivity index (χ1n) is 8.27. The smallest absolute Gasteiger partial charge is 0.252 e. The molecular formula is C20H24FNO4. The molecule has 0 aliphatic carbocycles. The van der Waals surface area contributed by atoms with Gasteiger partial charge in [0.2, 0.25) is 5.75 Å². The third-order valence-corrected chi connectivity index (χ3v) is 4.11. The Hall–Kier alpha value is -2.76. The number of amides is 1. The van der Waals surface area contributed by atoms with E-state index in [1.807, 2.05) is 13.8 Å². The molecule has 0 aromatic heterocycles. The molecule has 2 rings (SSSR count). The van der Waals surface area contributed by atoms with E-state index in [2.05, 4.69) is 5.32 Å². The highest BCUT2D eigenvalue weighted by Gasteiger charge is 2.22. The minimum Gasteiger partial charge on any atom is -0.493 e. The molecule has 1 atom stereocenters. The summed E-state index contributed by atoms with van der Waals surface area (Å²) in [5, 5.41) is 3.00. The first-order chi connectivity index (χ1) is 12.4. The van der Waals surface area contributed by atoms with Crippen LogP contribution in [0.2, 0.25) is 0 Å². The molecule has 1 amide bonds. The molecule has 0 saturated carbocycles. The Labute approximate surface area is 153 Å². The summed E-state index contributed by atoms with van der Waals surface area (Å²) in [6.45, 7) is 3.98. The van der Waals surface area contributed by atoms with Crippen LogP contribution in [0.5, 0.6) is 17.2 Å². The van der Waals surface area contributed by atoms with E-state index < -0.39 is 0 Å². The van der Waals surface area contributed by atoms with E-state index in [1.54, 1.807) is 24.3 Å². The molecule has 1 N–H and O–H groups in total. The van der Waals surface area contributed by atoms with Crippen LogP contribution in [0.15, 0.2) is 36.4 Å². The van der Waals surface area contributed by atoms with E-state index in [-0.39, 0.29) is 23.7 Å². The van der Waals surface area contributed by atoms with Crippen LogP contribution in [0.4, 0.5) is 4.39 Å². The fourth-order valence-corrected chi connectivity index (χ4v) is 2.74. The lowest BCUT2D eigenvalue weighted by molar-refractivity contribution is 0.0924. The number of carbonyl (C=O) groups is 1. The maximum absolute atomic E-state index is 13.2. The topological polar surface area (TPSA) is 56.8 Å². The van der Waals surface area contributed by atoms with Crippen molar-refractivity contribution in [2.24, 2.45) is 5.92 Å². The van der Waals surface area contributed by atoms with Crippen molar-refractivity contribution in [1.29, 1.82) is 0 Å². The van der Waals surface area contributed by atoms with Gasteiger partial charge in [0.1, 0.15) is 5.82 Å². The second-order valence-electron chi connectivity index (χ2n) is 6.16. The van der Waals surface area contributed by atoms with Crippen LogP contribution in [0.1, 0.15) is 35.8 Å². The van der Waals surface area contributed by atoms with Gasteiger partial charge in [0.15, 0.2) is 11.5 Å². The maximum atomic E-state index is 13.2. The standard InChI is InChI=1S/C20H24FNO4/c1-12(2)18(13-6-8-15(21)9-7-13)22-20(23)14-10-16(24-3)19(26-5)17(11-14)25-4/h6-12,18H,1-5H3,(H,22,23)/t18-/m1/s1. The highest BCUT2D eigenvalue weighted by atomic mass is 19.1. The molecule has 0 spiro atoms. The fraction of sp³-hybridized carbons (Fsp3) is 0.350. The van der Waals surface area contributed by atoms with Crippen LogP contribution in [-0.2, 0) is 0 Å². The van der Waals surface area contributed by atoms with Gasteiger partial charge in [-0.05, 0) is 35.7 Å². The van der Waals surface area contributed by atoms with Crippen LogP contribution in [0.25, 0.3) is 0 Å². The van der Waals surface area contributed by atoms with E-state index in [0.29, 0.717) is 22.8 Å². The molecule has 0 fully saturated rings. The zero-order valence-electron chi connectivity index (χ0n) is 15.6. The Balaban J connectivity index is 2.33. The lowest BCUT2D eigenvalue weighted by Gasteiger charge is -2.23. The Morgan fingerprint density at radius 3 is 1.92 bits per heavy atom. The SMILES string of the molecule is COc1cc(C(=O)N[C@@H](c2ccc(F)cc2)C(C)C)cc(OC)c1OC. The molecule has 2 aromatic rings. The molecule has 0 radical (unpaired) electrons. The summed E-state index contributed by atoms with van der Waals surface area (Å²) >= 11 is 0. The van der Waals surface area contributed by atoms with Gasteiger partial charge in [-0.3, -0.25) is 4.79 Å². The lowest BCUT2D eigenvalue weighted by Crippen LogP contribution is -2.31. The molecule has 2 aromatic carbocycles. The van der Waals surface area contributed by atoms with Gasteiger partial charge < -0.3 is 19.5 Å². The highest BCUT2D eigenvalue weighted by molar-refractivity contribution is 5.96. The number of ether oxygens (including phenoxy) is 3. The highest BCUT2D eigenvalue weighted by Crippen LogP contribution is 2.38. The molecule has 0 bridgehead atoms. The summed E-state index contributed by atoms with van der Waals surface area (Å²) in [5.41, 5.74) is 1.22. The average molecular weight is 361 g/mol. The van der Waals surface area contributed by atoms with E-state index in [4.69, 9.17) is 14.2 Å². The number of nitrogens with one attached hydrogen (secondary N) is 1. The Kier molecular flexibility index (Phi) is 6.44. The Bertz CT molecular complexity index is 734. The van der Waals surface area contributed by atoms with Gasteiger partial charge in [0, 0.05) is 5.56 Å². The normalized spacial score (nSPS) is 11.8. The average Bonchev–Trinajstić information content (AvgIpc) is 2.65. The number of methoxy groups -OCH3 is 3. The van der Waals surface area contributed by atoms with Crippen LogP contribution in [0, 0.1) is 11.7 Å². The van der Waals surface area contributed by atoms with Gasteiger partial charge in [-0.2, -0.15) is 0 Å². The summed E-state index contributed by atoms with van der Waals surface area (Å²) in [6, 6.07) is 9.05. The fourth-order valence-electron chi connectivity index (χ4n) is 2.74. The Morgan fingerprint density at radius 2 is 1.50 bits per heavy atom. The largest absolute Gasteiger partial charge is 0.493 e. The quantitative estimate of drug-likeness (QED) is 0.810. The van der Waals surface area contributed by atoms with Crippen molar-refractivity contribution >= 4 is 5.91 Å². The Morgan fingerprint density at radius 1 is 0.962 bits per heavy atom. The molecule has 6 heteroatoms. The van der Waals surface area contributed by atoms with Crippen LogP contribution in [0.3, 0.4) is 0 Å². The molecule has 0 heterocycles. The number of carbonyl (C=O) groups excluding carboxylic acids is 1. The monoisotopic (exact) mass is 361 g/mol. The molecule has 0 aliphatic heterocycles. The molecular weight excluding hydrogens is 337 g/mol. The minimum atomic E-state index is -0.313. The molecule has 0 aliphatic rings. The van der Waals surface area contributed by atoms with Gasteiger partial charge in [-0.1, -0.05) is 26.0 Å². The molecule has 26 heavy (non-hydrogen) atoms. The third kappa shape index (κ3) is 4.25. The van der Waals surface area contributed by atoms with Crippen LogP contribution >= 0.6 is 0 Å². The van der Waals surface area contributed by atoms with Gasteiger partial charge in [0.25, 0.3) is 5.91 Å². The van der Waals surface area contributed by atoms with Gasteiger partial charge in [0.05, 0.1) is 27.4 Å². The maximum Gasteiger partial charge on any atom is 0.252 e. The van der Waals surface area contributed by atoms with Crippen molar-refractivity contribution in [2.75, 3.05) is 21.3 Å². The zero-order chi connectivity index (χ0) is 19.3. The van der Waals surface area contributed by atoms with Crippen molar-refractivity contribution in [2.45, 2.75) is 19.9 Å². The van der Waals surface area contributed by atoms with Crippen molar-refractivity contribution in [3.05, 3.63) is 53.3 Å². The second kappa shape index (κ2) is 8.56. The summed E-state index contributed by atoms with van der Waals surface area (Å²) in [4.78, 5) is 12.8. The van der Waals surface area contributed by atoms with Gasteiger partial charge in [-0.25, -0.2) is 4.39 Å². The van der Waals surface area contributed by atoms with E-state index in [0.717, 1.165) is 5.56 Å². The lowest BCUT2D eigenvalue weighted by atomic mass is 9.95. The minimum absolute atomic E-state index is 0.117. The number of hydrogen-bond donors (Lipinski definition) is 1. The van der Waals surface area contributed by atoms with Crippen molar-refractivity contribution in [1.82, 2.24) is 5.32 Å². The molecule has 5 nitrogen and oxygen atoms in total. The number of halogens is 1. The van der Waals surface area contributed by atoms with Gasteiger partial charge in [-0.15, -0.1) is 0 Å². The van der Waals surface area contributed by atoms with Crippen molar-refractivity contribution in [3.8, 4) is 17.2 Å². The second-order valence-corrected chi connectivity index (χ2v) is 6.16. The van der Waals surface area contributed by atoms with Crippen LogP contribution in [-0.4, -0.2) is 27.2 Å². The number of benzene rings is 2. The van der Waals surface area contributed by atoms with Crippen LogP contribution < -0.4 is 19.5 Å².